The molecule has 0 amide bonds. The van der Waals surface area contributed by atoms with Crippen LogP contribution in [0.3, 0.4) is 0 Å². The van der Waals surface area contributed by atoms with Gasteiger partial charge in [0.25, 0.3) is 0 Å². The zero-order chi connectivity index (χ0) is 37.8. The molecule has 2 heterocycles. The number of fused-ring (bicyclic) bond motifs is 5. The van der Waals surface area contributed by atoms with E-state index in [1.807, 2.05) is 13.8 Å². The van der Waals surface area contributed by atoms with Crippen LogP contribution in [0.15, 0.2) is 41.5 Å². The van der Waals surface area contributed by atoms with Crippen molar-refractivity contribution in [3.63, 3.8) is 0 Å². The van der Waals surface area contributed by atoms with Gasteiger partial charge >= 0.3 is 0 Å². The van der Waals surface area contributed by atoms with Gasteiger partial charge in [0.1, 0.15) is 5.60 Å². The van der Waals surface area contributed by atoms with Crippen LogP contribution in [0.25, 0.3) is 0 Å². The Morgan fingerprint density at radius 2 is 1.80 bits per heavy atom. The smallest absolute Gasteiger partial charge is 0.161 e. The average Bonchev–Trinajstić information content (AvgIpc) is 3.69. The van der Waals surface area contributed by atoms with E-state index >= 15 is 0 Å². The molecule has 51 heavy (non-hydrogen) atoms. The number of allylic oxidation sites excluding steroid dienone is 3. The monoisotopic (exact) mass is 724 g/mol. The first-order valence-electron chi connectivity index (χ1n) is 20.3. The van der Waals surface area contributed by atoms with Gasteiger partial charge in [-0.25, -0.2) is 0 Å². The number of aromatic amines is 1. The number of thiol groups is 1. The molecule has 1 aliphatic heterocycles. The Labute approximate surface area is 317 Å². The van der Waals surface area contributed by atoms with E-state index in [-0.39, 0.29) is 38.2 Å². The number of hydrogen-bond donors (Lipinski definition) is 2. The van der Waals surface area contributed by atoms with Gasteiger partial charge < -0.3 is 14.4 Å². The van der Waals surface area contributed by atoms with Crippen LogP contribution in [0.5, 0.6) is 0 Å². The lowest BCUT2D eigenvalue weighted by atomic mass is 9.40. The molecule has 7 aliphatic rings. The van der Waals surface area contributed by atoms with Crippen LogP contribution in [0.4, 0.5) is 0 Å². The Morgan fingerprint density at radius 3 is 2.35 bits per heavy atom. The van der Waals surface area contributed by atoms with Crippen molar-refractivity contribution in [3.8, 4) is 0 Å². The fraction of sp³-hybridized carbons (Fsp3) is 0.837. The number of aromatic nitrogens is 4. The Balaban J connectivity index is 0.000000654. The minimum absolute atomic E-state index is 0.00715. The van der Waals surface area contributed by atoms with E-state index in [2.05, 4.69) is 127 Å². The largest absolute Gasteiger partial charge is 0.495 e. The summed E-state index contributed by atoms with van der Waals surface area (Å²) in [6, 6.07) is 0. The maximum Gasteiger partial charge on any atom is 0.161 e. The van der Waals surface area contributed by atoms with Gasteiger partial charge in [-0.1, -0.05) is 84.7 Å². The molecular weight excluding hydrogens is 651 g/mol. The number of hydrogen-bond acceptors (Lipinski definition) is 7. The third-order valence-corrected chi connectivity index (χ3v) is 16.8. The molecule has 7 nitrogen and oxygen atoms in total. The molecule has 0 saturated heterocycles. The molecule has 6 aliphatic carbocycles. The van der Waals surface area contributed by atoms with Crippen LogP contribution in [0, 0.1) is 51.8 Å². The number of nitrogens with zero attached hydrogens (tertiary/aromatic N) is 4. The van der Waals surface area contributed by atoms with E-state index in [4.69, 9.17) is 22.1 Å². The molecule has 1 aromatic heterocycles. The first-order valence-corrected chi connectivity index (χ1v) is 20.8. The zero-order valence-electron chi connectivity index (χ0n) is 34.8. The van der Waals surface area contributed by atoms with Gasteiger partial charge in [-0.2, -0.15) is 17.8 Å². The average molecular weight is 724 g/mol. The van der Waals surface area contributed by atoms with E-state index in [9.17, 15) is 0 Å². The predicted octanol–water partition coefficient (Wildman–Crippen LogP) is 10.1. The summed E-state index contributed by atoms with van der Waals surface area (Å²) in [5.41, 5.74) is 5.41. The zero-order valence-corrected chi connectivity index (χ0v) is 35.7. The van der Waals surface area contributed by atoms with Crippen LogP contribution in [-0.2, 0) is 9.47 Å². The molecular formula is C43H73N5O2S. The summed E-state index contributed by atoms with van der Waals surface area (Å²) in [7, 11) is 4.43. The quantitative estimate of drug-likeness (QED) is 0.205. The van der Waals surface area contributed by atoms with Crippen LogP contribution in [-0.4, -0.2) is 68.2 Å². The lowest BCUT2D eigenvalue weighted by Gasteiger charge is -2.68. The maximum atomic E-state index is 7.22. The van der Waals surface area contributed by atoms with Crippen molar-refractivity contribution in [2.75, 3.05) is 20.7 Å². The minimum Gasteiger partial charge on any atom is -0.495 e. The van der Waals surface area contributed by atoms with Crippen molar-refractivity contribution in [2.45, 2.75) is 156 Å². The van der Waals surface area contributed by atoms with Gasteiger partial charge in [-0.05, 0) is 139 Å². The molecule has 4 bridgehead atoms. The second kappa shape index (κ2) is 14.5. The Kier molecular flexibility index (Phi) is 11.6. The van der Waals surface area contributed by atoms with Gasteiger partial charge in [-0.15, -0.1) is 10.2 Å². The van der Waals surface area contributed by atoms with Crippen LogP contribution in [0.2, 0.25) is 0 Å². The molecule has 0 radical (unpaired) electrons. The lowest BCUT2D eigenvalue weighted by Crippen LogP contribution is -2.64. The number of H-pyrrole nitrogens is 1. The molecule has 0 aromatic carbocycles. The minimum atomic E-state index is -0.139. The molecule has 3 saturated carbocycles. The second-order valence-corrected chi connectivity index (χ2v) is 19.9. The molecule has 1 spiro atoms. The first-order chi connectivity index (χ1) is 23.9. The molecule has 288 valence electrons. The van der Waals surface area contributed by atoms with Gasteiger partial charge in [0.05, 0.1) is 19.0 Å². The van der Waals surface area contributed by atoms with Crippen LogP contribution in [0.1, 0.15) is 134 Å². The third kappa shape index (κ3) is 6.41. The number of tetrazole rings is 1. The number of rotatable bonds is 8. The highest BCUT2D eigenvalue weighted by Gasteiger charge is 2.67. The third-order valence-electron chi connectivity index (χ3n) is 16.2. The van der Waals surface area contributed by atoms with E-state index in [0.29, 0.717) is 29.6 Å². The Bertz CT molecular complexity index is 1420. The summed E-state index contributed by atoms with van der Waals surface area (Å²) in [6.45, 7) is 29.2. The molecule has 5 unspecified atom stereocenters. The highest BCUT2D eigenvalue weighted by Crippen LogP contribution is 2.72. The van der Waals surface area contributed by atoms with Crippen molar-refractivity contribution in [3.05, 3.63) is 41.5 Å². The van der Waals surface area contributed by atoms with Gasteiger partial charge in [0.2, 0.25) is 0 Å². The first kappa shape index (κ1) is 40.5. The SMILES string of the molecule is CC.CC1=C2CC1C[C@@](C)(C1CCC3C(=CC[C@]45C=CO[C@]([C@H](C)C(C)C)(CCC34C)C5)[C@@]1(C)S)C2OC[C@@](C)(C(C)C)N(C)C.c1nn[nH]n1. The molecule has 1 aromatic rings. The standard InChI is InChI=1S/C40H65NO2S.C2H6.CH2N4/c1-25(2)28(6)40-18-17-36(8)31-13-14-33(38(10,44)32(31)15-16-39(36,23-40)19-20-43-40)35(7)22-29-21-30(27(29)5)34(35)42-24-37(9,26(3)4)41(11)12;1-2;1-2-4-5-3-1/h15,19-20,25-26,28-29,31,33-34,44H,13-14,16-18,21-24H2,1-12H3;1-2H3;1H,(H,2,3,4,5)/t28-,29?,31?,33?,34?,35+,36?,37+,38-,39-,40-;;/m1../s1. The van der Waals surface area contributed by atoms with E-state index in [0.717, 1.165) is 18.9 Å². The normalized spacial score (nSPS) is 41.1. The van der Waals surface area contributed by atoms with Crippen molar-refractivity contribution >= 4 is 12.6 Å². The topological polar surface area (TPSA) is 76.2 Å². The fourth-order valence-corrected chi connectivity index (χ4v) is 12.6. The van der Waals surface area contributed by atoms with Crippen LogP contribution < -0.4 is 0 Å². The van der Waals surface area contributed by atoms with Crippen molar-refractivity contribution in [1.82, 2.24) is 25.5 Å². The maximum absolute atomic E-state index is 7.22. The van der Waals surface area contributed by atoms with Crippen molar-refractivity contribution < 1.29 is 9.47 Å². The van der Waals surface area contributed by atoms with Crippen LogP contribution >= 0.6 is 12.6 Å². The molecule has 11 atom stereocenters. The van der Waals surface area contributed by atoms with E-state index in [1.165, 1.54) is 51.3 Å². The summed E-state index contributed by atoms with van der Waals surface area (Å²) in [4.78, 5) is 2.38. The summed E-state index contributed by atoms with van der Waals surface area (Å²) in [5.74, 6) is 3.51. The Hall–Kier alpha value is -1.64. The summed E-state index contributed by atoms with van der Waals surface area (Å²) >= 11 is 5.76. The van der Waals surface area contributed by atoms with Gasteiger partial charge in [0, 0.05) is 21.1 Å². The molecule has 8 heteroatoms. The molecule has 1 N–H and O–H groups in total. The number of ether oxygens (including phenoxy) is 2. The Morgan fingerprint density at radius 1 is 1.10 bits per heavy atom. The molecule has 3 fully saturated rings. The highest BCUT2D eigenvalue weighted by atomic mass is 32.1. The van der Waals surface area contributed by atoms with Gasteiger partial charge in [0.15, 0.2) is 6.33 Å². The van der Waals surface area contributed by atoms with Gasteiger partial charge in [-0.3, -0.25) is 0 Å². The second-order valence-electron chi connectivity index (χ2n) is 18.9. The number of nitrogens with one attached hydrogen (secondary N) is 1. The van der Waals surface area contributed by atoms with Crippen molar-refractivity contribution in [2.24, 2.45) is 51.8 Å². The van der Waals surface area contributed by atoms with Crippen molar-refractivity contribution in [1.29, 1.82) is 0 Å². The number of likely N-dealkylation sites (N-methyl/N-ethyl adjacent to an activating group) is 1. The summed E-state index contributed by atoms with van der Waals surface area (Å²) in [6.07, 6.45) is 18.5. The highest BCUT2D eigenvalue weighted by molar-refractivity contribution is 7.82. The predicted molar refractivity (Wildman–Crippen MR) is 213 cm³/mol. The summed E-state index contributed by atoms with van der Waals surface area (Å²) < 4.78 is 13.7. The lowest BCUT2D eigenvalue weighted by molar-refractivity contribution is -0.174. The fourth-order valence-electron chi connectivity index (χ4n) is 11.9. The summed E-state index contributed by atoms with van der Waals surface area (Å²) in [5, 5.41) is 12.2. The van der Waals surface area contributed by atoms with E-state index < -0.39 is 0 Å². The van der Waals surface area contributed by atoms with E-state index in [1.54, 1.807) is 16.7 Å². The molecule has 8 rings (SSSR count).